The summed E-state index contributed by atoms with van der Waals surface area (Å²) in [5.74, 6) is 1.45. The lowest BCUT2D eigenvalue weighted by molar-refractivity contribution is 0.404. The van der Waals surface area contributed by atoms with E-state index in [1.165, 1.54) is 11.8 Å². The Morgan fingerprint density at radius 3 is 2.68 bits per heavy atom. The van der Waals surface area contributed by atoms with Gasteiger partial charge in [-0.05, 0) is 24.3 Å². The number of aliphatic hydroxyl groups excluding tert-OH is 1. The van der Waals surface area contributed by atoms with Crippen LogP contribution in [-0.2, 0) is 7.05 Å². The molecule has 0 unspecified atom stereocenters. The number of benzene rings is 2. The van der Waals surface area contributed by atoms with Crippen molar-refractivity contribution in [1.29, 1.82) is 5.26 Å². The van der Waals surface area contributed by atoms with Gasteiger partial charge in [0.15, 0.2) is 5.82 Å². The summed E-state index contributed by atoms with van der Waals surface area (Å²) in [5.41, 5.74) is 1.88. The zero-order valence-electron chi connectivity index (χ0n) is 13.9. The SMILES string of the molecule is COc1ccccc1SC/C(O)=C(/C#N)c1nc2ccccc2n1C. The van der Waals surface area contributed by atoms with E-state index in [9.17, 15) is 10.4 Å². The Hall–Kier alpha value is -2.91. The molecule has 1 heterocycles. The summed E-state index contributed by atoms with van der Waals surface area (Å²) in [5, 5.41) is 20.0. The molecule has 5 nitrogen and oxygen atoms in total. The maximum Gasteiger partial charge on any atom is 0.155 e. The Kier molecular flexibility index (Phi) is 4.96. The van der Waals surface area contributed by atoms with E-state index in [0.717, 1.165) is 21.7 Å². The second-order valence-corrected chi connectivity index (χ2v) is 6.37. The lowest BCUT2D eigenvalue weighted by Gasteiger charge is -2.08. The van der Waals surface area contributed by atoms with E-state index < -0.39 is 0 Å². The van der Waals surface area contributed by atoms with Crippen LogP contribution in [0.5, 0.6) is 5.75 Å². The molecule has 25 heavy (non-hydrogen) atoms. The van der Waals surface area contributed by atoms with Gasteiger partial charge in [-0.15, -0.1) is 11.8 Å². The van der Waals surface area contributed by atoms with Gasteiger partial charge in [-0.25, -0.2) is 4.98 Å². The predicted molar refractivity (Wildman–Crippen MR) is 99.6 cm³/mol. The molecule has 0 amide bonds. The Morgan fingerprint density at radius 1 is 1.24 bits per heavy atom. The van der Waals surface area contributed by atoms with Crippen LogP contribution in [-0.4, -0.2) is 27.5 Å². The minimum Gasteiger partial charge on any atom is -0.510 e. The zero-order chi connectivity index (χ0) is 17.8. The Labute approximate surface area is 150 Å². The Bertz CT molecular complexity index is 986. The van der Waals surface area contributed by atoms with E-state index in [1.54, 1.807) is 7.11 Å². The maximum absolute atomic E-state index is 10.5. The molecule has 0 bridgehead atoms. The van der Waals surface area contributed by atoms with Crippen LogP contribution in [0.4, 0.5) is 0 Å². The number of hydrogen-bond acceptors (Lipinski definition) is 5. The molecule has 0 aliphatic heterocycles. The highest BCUT2D eigenvalue weighted by atomic mass is 32.2. The molecule has 1 aromatic heterocycles. The molecule has 6 heteroatoms. The first-order chi connectivity index (χ1) is 12.2. The molecule has 126 valence electrons. The van der Waals surface area contributed by atoms with E-state index in [0.29, 0.717) is 5.82 Å². The van der Waals surface area contributed by atoms with Crippen LogP contribution in [0.2, 0.25) is 0 Å². The molecular formula is C19H17N3O2S. The first-order valence-electron chi connectivity index (χ1n) is 7.65. The van der Waals surface area contributed by atoms with Crippen LogP contribution >= 0.6 is 11.8 Å². The smallest absolute Gasteiger partial charge is 0.155 e. The van der Waals surface area contributed by atoms with Crippen LogP contribution in [0.15, 0.2) is 59.2 Å². The number of ether oxygens (including phenoxy) is 1. The summed E-state index contributed by atoms with van der Waals surface area (Å²) in [7, 11) is 3.44. The number of aliphatic hydroxyl groups is 1. The summed E-state index contributed by atoms with van der Waals surface area (Å²) in [6, 6.07) is 17.3. The van der Waals surface area contributed by atoms with Crippen molar-refractivity contribution < 1.29 is 9.84 Å². The minimum atomic E-state index is -0.00295. The fraction of sp³-hybridized carbons (Fsp3) is 0.158. The highest BCUT2D eigenvalue weighted by Gasteiger charge is 2.16. The number of allylic oxidation sites excluding steroid dienone is 1. The van der Waals surface area contributed by atoms with Gasteiger partial charge >= 0.3 is 0 Å². The van der Waals surface area contributed by atoms with Crippen molar-refractivity contribution in [2.45, 2.75) is 4.90 Å². The largest absolute Gasteiger partial charge is 0.510 e. The number of methoxy groups -OCH3 is 1. The van der Waals surface area contributed by atoms with Gasteiger partial charge in [-0.2, -0.15) is 5.26 Å². The van der Waals surface area contributed by atoms with Gasteiger partial charge in [0.25, 0.3) is 0 Å². The highest BCUT2D eigenvalue weighted by Crippen LogP contribution is 2.31. The molecule has 3 aromatic rings. The van der Waals surface area contributed by atoms with Crippen molar-refractivity contribution in [2.24, 2.45) is 7.05 Å². The predicted octanol–water partition coefficient (Wildman–Crippen LogP) is 4.17. The fourth-order valence-electron chi connectivity index (χ4n) is 2.57. The molecule has 2 aromatic carbocycles. The molecule has 0 saturated carbocycles. The molecule has 3 rings (SSSR count). The van der Waals surface area contributed by atoms with Crippen molar-refractivity contribution in [3.8, 4) is 11.8 Å². The third-order valence-corrected chi connectivity index (χ3v) is 4.91. The monoisotopic (exact) mass is 351 g/mol. The third-order valence-electron chi connectivity index (χ3n) is 3.84. The van der Waals surface area contributed by atoms with E-state index in [2.05, 4.69) is 11.1 Å². The van der Waals surface area contributed by atoms with Crippen molar-refractivity contribution in [2.75, 3.05) is 12.9 Å². The van der Waals surface area contributed by atoms with E-state index >= 15 is 0 Å². The number of imidazole rings is 1. The van der Waals surface area contributed by atoms with Gasteiger partial charge < -0.3 is 14.4 Å². The van der Waals surface area contributed by atoms with Crippen molar-refractivity contribution in [3.05, 3.63) is 60.1 Å². The first kappa shape index (κ1) is 16.9. The summed E-state index contributed by atoms with van der Waals surface area (Å²) < 4.78 is 7.13. The van der Waals surface area contributed by atoms with Gasteiger partial charge in [-0.3, -0.25) is 0 Å². The Morgan fingerprint density at radius 2 is 1.96 bits per heavy atom. The van der Waals surface area contributed by atoms with Gasteiger partial charge in [-0.1, -0.05) is 24.3 Å². The number of para-hydroxylation sites is 3. The van der Waals surface area contributed by atoms with E-state index in [1.807, 2.05) is 60.1 Å². The van der Waals surface area contributed by atoms with Gasteiger partial charge in [0.05, 0.1) is 23.9 Å². The average Bonchev–Trinajstić information content (AvgIpc) is 2.98. The standard InChI is InChI=1S/C19H17N3O2S/c1-22-15-8-4-3-7-14(15)21-19(22)13(11-20)16(23)12-25-18-10-6-5-9-17(18)24-2/h3-10,23H,12H2,1-2H3/b16-13+. The highest BCUT2D eigenvalue weighted by molar-refractivity contribution is 7.99. The van der Waals surface area contributed by atoms with Gasteiger partial charge in [0.1, 0.15) is 23.2 Å². The molecule has 0 spiro atoms. The zero-order valence-corrected chi connectivity index (χ0v) is 14.7. The lowest BCUT2D eigenvalue weighted by atomic mass is 10.2. The minimum absolute atomic E-state index is 0.00295. The third kappa shape index (κ3) is 3.32. The second-order valence-electron chi connectivity index (χ2n) is 5.36. The van der Waals surface area contributed by atoms with Gasteiger partial charge in [0.2, 0.25) is 0 Å². The summed E-state index contributed by atoms with van der Waals surface area (Å²) in [6.07, 6.45) is 0. The van der Waals surface area contributed by atoms with E-state index in [-0.39, 0.29) is 17.1 Å². The number of rotatable bonds is 5. The number of hydrogen-bond donors (Lipinski definition) is 1. The number of thioether (sulfide) groups is 1. The van der Waals surface area contributed by atoms with Crippen LogP contribution in [0.3, 0.4) is 0 Å². The molecule has 0 fully saturated rings. The number of fused-ring (bicyclic) bond motifs is 1. The van der Waals surface area contributed by atoms with Gasteiger partial charge in [0, 0.05) is 11.9 Å². The summed E-state index contributed by atoms with van der Waals surface area (Å²) >= 11 is 1.41. The summed E-state index contributed by atoms with van der Waals surface area (Å²) in [6.45, 7) is 0. The van der Waals surface area contributed by atoms with E-state index in [4.69, 9.17) is 4.74 Å². The lowest BCUT2D eigenvalue weighted by Crippen LogP contribution is -2.01. The molecule has 0 radical (unpaired) electrons. The number of aryl methyl sites for hydroxylation is 1. The summed E-state index contributed by atoms with van der Waals surface area (Å²) in [4.78, 5) is 5.38. The average molecular weight is 351 g/mol. The van der Waals surface area contributed by atoms with Crippen LogP contribution in [0.1, 0.15) is 5.82 Å². The molecule has 1 N–H and O–H groups in total. The quantitative estimate of drug-likeness (QED) is 0.424. The normalized spacial score (nSPS) is 11.9. The maximum atomic E-state index is 10.5. The second kappa shape index (κ2) is 7.32. The number of nitrogens with zero attached hydrogens (tertiary/aromatic N) is 3. The van der Waals surface area contributed by atoms with Crippen LogP contribution in [0.25, 0.3) is 16.6 Å². The topological polar surface area (TPSA) is 71.1 Å². The number of aromatic nitrogens is 2. The first-order valence-corrected chi connectivity index (χ1v) is 8.64. The van der Waals surface area contributed by atoms with Crippen molar-refractivity contribution >= 4 is 28.4 Å². The van der Waals surface area contributed by atoms with Crippen LogP contribution in [0, 0.1) is 11.3 Å². The van der Waals surface area contributed by atoms with Crippen molar-refractivity contribution in [1.82, 2.24) is 9.55 Å². The molecule has 0 aliphatic rings. The molecule has 0 aliphatic carbocycles. The Balaban J connectivity index is 1.92. The number of nitriles is 1. The molecule has 0 atom stereocenters. The van der Waals surface area contributed by atoms with Crippen LogP contribution < -0.4 is 4.74 Å². The molecular weight excluding hydrogens is 334 g/mol. The van der Waals surface area contributed by atoms with Crippen molar-refractivity contribution in [3.63, 3.8) is 0 Å². The fourth-order valence-corrected chi connectivity index (χ4v) is 3.47. The molecule has 0 saturated heterocycles.